The molecule has 1 aliphatic carbocycles. The Balaban J connectivity index is 1.25. The zero-order chi connectivity index (χ0) is 29.3. The lowest BCUT2D eigenvalue weighted by Gasteiger charge is -2.13. The third-order valence-corrected chi connectivity index (χ3v) is 7.40. The molecular formula is C31H29F2N3O5. The van der Waals surface area contributed by atoms with Crippen molar-refractivity contribution in [1.82, 2.24) is 10.3 Å². The SMILES string of the molecule is COc1cc2nccc(Oc3ccc(NC(=O)[C@H]4[C@@H](C(=O)NCc5ccc(F)cc5)C4(C)C)cc3F)c2cc1OC. The molecule has 0 saturated heterocycles. The maximum absolute atomic E-state index is 15.1. The van der Waals surface area contributed by atoms with Crippen LogP contribution in [0.2, 0.25) is 0 Å². The number of amides is 2. The normalized spacial score (nSPS) is 17.0. The molecule has 2 amide bonds. The largest absolute Gasteiger partial charge is 0.493 e. The Kier molecular flexibility index (Phi) is 7.49. The molecule has 10 heteroatoms. The summed E-state index contributed by atoms with van der Waals surface area (Å²) in [6, 6.07) is 14.9. The van der Waals surface area contributed by atoms with Crippen molar-refractivity contribution in [2.75, 3.05) is 19.5 Å². The molecule has 1 aliphatic rings. The predicted molar refractivity (Wildman–Crippen MR) is 149 cm³/mol. The van der Waals surface area contributed by atoms with Crippen molar-refractivity contribution in [2.45, 2.75) is 20.4 Å². The van der Waals surface area contributed by atoms with E-state index in [9.17, 15) is 14.0 Å². The maximum atomic E-state index is 15.1. The molecule has 0 unspecified atom stereocenters. The Morgan fingerprint density at radius 1 is 0.854 bits per heavy atom. The first-order chi connectivity index (χ1) is 19.6. The second-order valence-electron chi connectivity index (χ2n) is 10.4. The predicted octanol–water partition coefficient (Wildman–Crippen LogP) is 5.85. The standard InChI is InChI=1S/C31H29F2N3O5/c1-31(2)27(29(37)35-16-17-5-7-18(32)8-6-17)28(31)30(38)36-19-9-10-24(21(33)13-19)41-23-11-12-34-22-15-26(40-4)25(39-3)14-20(22)23/h5-15,27-28H,16H2,1-4H3,(H,35,37)(H,36,38)/t27-,28+/m0/s1. The van der Waals surface area contributed by atoms with Crippen LogP contribution in [0.5, 0.6) is 23.0 Å². The van der Waals surface area contributed by atoms with Crippen molar-refractivity contribution in [3.05, 3.63) is 84.1 Å². The summed E-state index contributed by atoms with van der Waals surface area (Å²) in [6.07, 6.45) is 1.54. The van der Waals surface area contributed by atoms with Gasteiger partial charge in [0.25, 0.3) is 0 Å². The minimum Gasteiger partial charge on any atom is -0.493 e. The monoisotopic (exact) mass is 561 g/mol. The topological polar surface area (TPSA) is 98.8 Å². The summed E-state index contributed by atoms with van der Waals surface area (Å²) in [4.78, 5) is 30.2. The minimum absolute atomic E-state index is 0.0462. The molecule has 0 aliphatic heterocycles. The average molecular weight is 562 g/mol. The maximum Gasteiger partial charge on any atom is 0.228 e. The molecule has 0 spiro atoms. The second kappa shape index (κ2) is 11.0. The van der Waals surface area contributed by atoms with E-state index in [1.165, 1.54) is 44.6 Å². The van der Waals surface area contributed by atoms with E-state index in [0.29, 0.717) is 28.2 Å². The van der Waals surface area contributed by atoms with Gasteiger partial charge < -0.3 is 24.8 Å². The van der Waals surface area contributed by atoms with E-state index < -0.39 is 23.1 Å². The number of nitrogens with one attached hydrogen (secondary N) is 2. The molecule has 0 bridgehead atoms. The summed E-state index contributed by atoms with van der Waals surface area (Å²) >= 11 is 0. The van der Waals surface area contributed by atoms with Crippen molar-refractivity contribution < 1.29 is 32.6 Å². The van der Waals surface area contributed by atoms with Crippen LogP contribution in [0, 0.1) is 28.9 Å². The molecule has 212 valence electrons. The Bertz CT molecular complexity index is 1620. The first-order valence-corrected chi connectivity index (χ1v) is 12.9. The molecule has 1 saturated carbocycles. The quantitative estimate of drug-likeness (QED) is 0.266. The number of carbonyl (C=O) groups is 2. The lowest BCUT2D eigenvalue weighted by molar-refractivity contribution is -0.125. The number of benzene rings is 3. The third-order valence-electron chi connectivity index (χ3n) is 7.40. The first kappa shape index (κ1) is 27.8. The highest BCUT2D eigenvalue weighted by molar-refractivity contribution is 6.01. The number of aromatic nitrogens is 1. The summed E-state index contributed by atoms with van der Waals surface area (Å²) < 4.78 is 44.8. The fourth-order valence-corrected chi connectivity index (χ4v) is 5.05. The number of pyridine rings is 1. The highest BCUT2D eigenvalue weighted by atomic mass is 19.1. The van der Waals surface area contributed by atoms with Crippen LogP contribution < -0.4 is 24.8 Å². The van der Waals surface area contributed by atoms with E-state index in [2.05, 4.69) is 15.6 Å². The molecule has 1 fully saturated rings. The zero-order valence-electron chi connectivity index (χ0n) is 23.0. The number of methoxy groups -OCH3 is 2. The molecule has 41 heavy (non-hydrogen) atoms. The summed E-state index contributed by atoms with van der Waals surface area (Å²) in [5, 5.41) is 6.13. The van der Waals surface area contributed by atoms with Gasteiger partial charge in [0.15, 0.2) is 23.1 Å². The molecule has 3 aromatic carbocycles. The van der Waals surface area contributed by atoms with Crippen molar-refractivity contribution in [2.24, 2.45) is 17.3 Å². The zero-order valence-corrected chi connectivity index (χ0v) is 23.0. The van der Waals surface area contributed by atoms with Gasteiger partial charge in [0.05, 0.1) is 31.6 Å². The van der Waals surface area contributed by atoms with Gasteiger partial charge in [-0.2, -0.15) is 0 Å². The molecule has 2 N–H and O–H groups in total. The van der Waals surface area contributed by atoms with Crippen LogP contribution in [0.25, 0.3) is 10.9 Å². The fraction of sp³-hybridized carbons (Fsp3) is 0.258. The van der Waals surface area contributed by atoms with Gasteiger partial charge in [0.2, 0.25) is 11.8 Å². The summed E-state index contributed by atoms with van der Waals surface area (Å²) in [5.41, 5.74) is 0.979. The number of ether oxygens (including phenoxy) is 3. The summed E-state index contributed by atoms with van der Waals surface area (Å²) in [7, 11) is 3.04. The first-order valence-electron chi connectivity index (χ1n) is 12.9. The highest BCUT2D eigenvalue weighted by Crippen LogP contribution is 2.58. The lowest BCUT2D eigenvalue weighted by atomic mass is 10.1. The number of carbonyl (C=O) groups excluding carboxylic acids is 2. The molecule has 0 radical (unpaired) electrons. The van der Waals surface area contributed by atoms with Crippen molar-refractivity contribution >= 4 is 28.4 Å². The lowest BCUT2D eigenvalue weighted by Crippen LogP contribution is -2.27. The van der Waals surface area contributed by atoms with Crippen LogP contribution in [0.4, 0.5) is 14.5 Å². The number of nitrogens with zero attached hydrogens (tertiary/aromatic N) is 1. The van der Waals surface area contributed by atoms with Gasteiger partial charge in [0.1, 0.15) is 11.6 Å². The van der Waals surface area contributed by atoms with Crippen molar-refractivity contribution in [3.63, 3.8) is 0 Å². The van der Waals surface area contributed by atoms with Gasteiger partial charge in [0, 0.05) is 35.9 Å². The van der Waals surface area contributed by atoms with Gasteiger partial charge >= 0.3 is 0 Å². The van der Waals surface area contributed by atoms with Crippen LogP contribution in [0.1, 0.15) is 19.4 Å². The smallest absolute Gasteiger partial charge is 0.228 e. The van der Waals surface area contributed by atoms with Gasteiger partial charge in [-0.05, 0) is 47.4 Å². The van der Waals surface area contributed by atoms with Crippen LogP contribution in [-0.4, -0.2) is 31.0 Å². The molecule has 1 heterocycles. The molecule has 1 aromatic heterocycles. The Morgan fingerprint density at radius 3 is 2.22 bits per heavy atom. The molecule has 8 nitrogen and oxygen atoms in total. The number of hydrogen-bond acceptors (Lipinski definition) is 6. The Morgan fingerprint density at radius 2 is 1.54 bits per heavy atom. The van der Waals surface area contributed by atoms with E-state index in [0.717, 1.165) is 5.56 Å². The molecule has 5 rings (SSSR count). The van der Waals surface area contributed by atoms with E-state index in [1.54, 1.807) is 36.5 Å². The summed E-state index contributed by atoms with van der Waals surface area (Å²) in [5.74, 6) is -1.55. The van der Waals surface area contributed by atoms with Crippen LogP contribution in [-0.2, 0) is 16.1 Å². The van der Waals surface area contributed by atoms with Gasteiger partial charge in [-0.15, -0.1) is 0 Å². The number of hydrogen-bond donors (Lipinski definition) is 2. The Labute approximate surface area is 235 Å². The average Bonchev–Trinajstić information content (AvgIpc) is 3.55. The third kappa shape index (κ3) is 5.63. The number of fused-ring (bicyclic) bond motifs is 1. The fourth-order valence-electron chi connectivity index (χ4n) is 5.05. The Hall–Kier alpha value is -4.73. The second-order valence-corrected chi connectivity index (χ2v) is 10.4. The number of anilines is 1. The van der Waals surface area contributed by atoms with Gasteiger partial charge in [-0.3, -0.25) is 14.6 Å². The van der Waals surface area contributed by atoms with E-state index in [1.807, 2.05) is 13.8 Å². The number of halogens is 2. The molecule has 2 atom stereocenters. The van der Waals surface area contributed by atoms with E-state index >= 15 is 4.39 Å². The van der Waals surface area contributed by atoms with Gasteiger partial charge in [-0.25, -0.2) is 8.78 Å². The van der Waals surface area contributed by atoms with E-state index in [4.69, 9.17) is 14.2 Å². The minimum atomic E-state index is -0.683. The van der Waals surface area contributed by atoms with E-state index in [-0.39, 0.29) is 35.6 Å². The van der Waals surface area contributed by atoms with Crippen LogP contribution in [0.3, 0.4) is 0 Å². The van der Waals surface area contributed by atoms with Crippen molar-refractivity contribution in [3.8, 4) is 23.0 Å². The van der Waals surface area contributed by atoms with Crippen LogP contribution >= 0.6 is 0 Å². The summed E-state index contributed by atoms with van der Waals surface area (Å²) in [6.45, 7) is 3.89. The number of rotatable bonds is 9. The molecule has 4 aromatic rings. The molecular weight excluding hydrogens is 532 g/mol. The van der Waals surface area contributed by atoms with Gasteiger partial charge in [-0.1, -0.05) is 26.0 Å². The van der Waals surface area contributed by atoms with Crippen molar-refractivity contribution in [1.29, 1.82) is 0 Å². The highest BCUT2D eigenvalue weighted by Gasteiger charge is 2.65. The van der Waals surface area contributed by atoms with Crippen LogP contribution in [0.15, 0.2) is 66.9 Å².